The summed E-state index contributed by atoms with van der Waals surface area (Å²) in [6, 6.07) is 5.42. The van der Waals surface area contributed by atoms with Crippen molar-refractivity contribution >= 4 is 16.9 Å². The molecule has 156 valence electrons. The average molecular weight is 399 g/mol. The van der Waals surface area contributed by atoms with Crippen LogP contribution in [0.15, 0.2) is 27.4 Å². The van der Waals surface area contributed by atoms with Crippen LogP contribution >= 0.6 is 0 Å². The van der Waals surface area contributed by atoms with Crippen molar-refractivity contribution in [2.45, 2.75) is 57.5 Å². The van der Waals surface area contributed by atoms with Crippen LogP contribution < -0.4 is 10.4 Å². The highest BCUT2D eigenvalue weighted by molar-refractivity contribution is 5.82. The summed E-state index contributed by atoms with van der Waals surface area (Å²) < 4.78 is 10.7. The Morgan fingerprint density at radius 3 is 2.97 bits per heavy atom. The summed E-state index contributed by atoms with van der Waals surface area (Å²) in [6.45, 7) is 3.12. The van der Waals surface area contributed by atoms with Crippen molar-refractivity contribution in [3.8, 4) is 5.75 Å². The van der Waals surface area contributed by atoms with Gasteiger partial charge in [0.25, 0.3) is 0 Å². The first kappa shape index (κ1) is 20.0. The van der Waals surface area contributed by atoms with Crippen LogP contribution in [0.4, 0.5) is 0 Å². The molecule has 1 aromatic heterocycles. The van der Waals surface area contributed by atoms with E-state index >= 15 is 0 Å². The van der Waals surface area contributed by atoms with Gasteiger partial charge in [-0.3, -0.25) is 4.79 Å². The maximum absolute atomic E-state index is 12.8. The summed E-state index contributed by atoms with van der Waals surface area (Å²) in [5, 5.41) is 11.7. The first-order valence-corrected chi connectivity index (χ1v) is 10.5. The number of rotatable bonds is 4. The minimum Gasteiger partial charge on any atom is -0.497 e. The SMILES string of the molecule is COc1ccc2c(C)c(CCC(=O)N3CC[C@@]4(O)CCCC[C@H]4C3)c(=O)oc2c1. The van der Waals surface area contributed by atoms with Gasteiger partial charge in [0.05, 0.1) is 12.7 Å². The Balaban J connectivity index is 1.47. The minimum absolute atomic E-state index is 0.0475. The van der Waals surface area contributed by atoms with E-state index in [1.165, 1.54) is 0 Å². The number of ether oxygens (including phenoxy) is 1. The van der Waals surface area contributed by atoms with Gasteiger partial charge in [-0.25, -0.2) is 4.79 Å². The van der Waals surface area contributed by atoms with Crippen molar-refractivity contribution < 1.29 is 19.1 Å². The zero-order chi connectivity index (χ0) is 20.6. The number of amides is 1. The molecule has 2 fully saturated rings. The van der Waals surface area contributed by atoms with Crippen LogP contribution in [0.3, 0.4) is 0 Å². The molecule has 1 aromatic carbocycles. The van der Waals surface area contributed by atoms with Crippen molar-refractivity contribution in [3.05, 3.63) is 39.7 Å². The number of carbonyl (C=O) groups excluding carboxylic acids is 1. The number of hydrogen-bond acceptors (Lipinski definition) is 5. The zero-order valence-electron chi connectivity index (χ0n) is 17.2. The van der Waals surface area contributed by atoms with E-state index in [1.54, 1.807) is 13.2 Å². The van der Waals surface area contributed by atoms with E-state index in [2.05, 4.69) is 0 Å². The second-order valence-corrected chi connectivity index (χ2v) is 8.49. The monoisotopic (exact) mass is 399 g/mol. The maximum Gasteiger partial charge on any atom is 0.339 e. The Kier molecular flexibility index (Phi) is 5.38. The van der Waals surface area contributed by atoms with Gasteiger partial charge in [0.2, 0.25) is 5.91 Å². The zero-order valence-corrected chi connectivity index (χ0v) is 17.2. The van der Waals surface area contributed by atoms with Crippen molar-refractivity contribution in [1.29, 1.82) is 0 Å². The van der Waals surface area contributed by atoms with E-state index in [0.717, 1.165) is 36.6 Å². The molecular weight excluding hydrogens is 370 g/mol. The number of methoxy groups -OCH3 is 1. The molecule has 2 heterocycles. The van der Waals surface area contributed by atoms with Crippen LogP contribution in [0.2, 0.25) is 0 Å². The van der Waals surface area contributed by atoms with Crippen LogP contribution in [0, 0.1) is 12.8 Å². The van der Waals surface area contributed by atoms with Crippen LogP contribution in [0.5, 0.6) is 5.75 Å². The number of piperidine rings is 1. The molecule has 1 saturated heterocycles. The molecular formula is C23H29NO5. The second kappa shape index (κ2) is 7.82. The number of fused-ring (bicyclic) bond motifs is 2. The standard InChI is InChI=1S/C23H29NO5/c1-15-18-7-6-17(28-2)13-20(18)29-22(26)19(15)8-9-21(25)24-12-11-23(27)10-4-3-5-16(23)14-24/h6-7,13,16,27H,3-5,8-12,14H2,1-2H3/t16-,23-/m0/s1. The smallest absolute Gasteiger partial charge is 0.339 e. The number of aliphatic hydroxyl groups is 1. The quantitative estimate of drug-likeness (QED) is 0.799. The van der Waals surface area contributed by atoms with Gasteiger partial charge in [0.1, 0.15) is 11.3 Å². The lowest BCUT2D eigenvalue weighted by molar-refractivity contribution is -0.143. The molecule has 2 aliphatic rings. The summed E-state index contributed by atoms with van der Waals surface area (Å²) in [6.07, 6.45) is 5.32. The highest BCUT2D eigenvalue weighted by Gasteiger charge is 2.43. The highest BCUT2D eigenvalue weighted by Crippen LogP contribution is 2.39. The third kappa shape index (κ3) is 3.78. The van der Waals surface area contributed by atoms with Gasteiger partial charge >= 0.3 is 5.63 Å². The number of nitrogens with zero attached hydrogens (tertiary/aromatic N) is 1. The van der Waals surface area contributed by atoms with Crippen LogP contribution in [0.1, 0.15) is 49.7 Å². The van der Waals surface area contributed by atoms with E-state index in [9.17, 15) is 14.7 Å². The summed E-state index contributed by atoms with van der Waals surface area (Å²) in [5.74, 6) is 0.860. The molecule has 4 rings (SSSR count). The van der Waals surface area contributed by atoms with Gasteiger partial charge in [0.15, 0.2) is 0 Å². The molecule has 1 aliphatic carbocycles. The van der Waals surface area contributed by atoms with E-state index < -0.39 is 11.2 Å². The second-order valence-electron chi connectivity index (χ2n) is 8.49. The van der Waals surface area contributed by atoms with E-state index in [0.29, 0.717) is 42.8 Å². The van der Waals surface area contributed by atoms with Gasteiger partial charge < -0.3 is 19.2 Å². The van der Waals surface area contributed by atoms with E-state index in [4.69, 9.17) is 9.15 Å². The average Bonchev–Trinajstić information content (AvgIpc) is 2.72. The molecule has 1 aliphatic heterocycles. The summed E-state index contributed by atoms with van der Waals surface area (Å²) in [5.41, 5.74) is 0.923. The lowest BCUT2D eigenvalue weighted by Gasteiger charge is -2.47. The molecule has 0 bridgehead atoms. The summed E-state index contributed by atoms with van der Waals surface area (Å²) in [7, 11) is 1.57. The molecule has 2 atom stereocenters. The van der Waals surface area contributed by atoms with Crippen LogP contribution in [-0.2, 0) is 11.2 Å². The fourth-order valence-electron chi connectivity index (χ4n) is 4.98. The van der Waals surface area contributed by atoms with Crippen molar-refractivity contribution in [1.82, 2.24) is 4.90 Å². The number of likely N-dealkylation sites (tertiary alicyclic amines) is 1. The molecule has 6 heteroatoms. The van der Waals surface area contributed by atoms with Crippen LogP contribution in [0.25, 0.3) is 11.0 Å². The van der Waals surface area contributed by atoms with Crippen molar-refractivity contribution in [2.24, 2.45) is 5.92 Å². The fourth-order valence-corrected chi connectivity index (χ4v) is 4.98. The Morgan fingerprint density at radius 1 is 1.34 bits per heavy atom. The topological polar surface area (TPSA) is 80.0 Å². The number of carbonyl (C=O) groups is 1. The summed E-state index contributed by atoms with van der Waals surface area (Å²) in [4.78, 5) is 27.2. The fraction of sp³-hybridized carbons (Fsp3) is 0.565. The van der Waals surface area contributed by atoms with Gasteiger partial charge in [0, 0.05) is 42.4 Å². The number of aryl methyl sites for hydroxylation is 1. The van der Waals surface area contributed by atoms with Gasteiger partial charge in [-0.1, -0.05) is 12.8 Å². The predicted molar refractivity (Wildman–Crippen MR) is 110 cm³/mol. The van der Waals surface area contributed by atoms with Crippen molar-refractivity contribution in [2.75, 3.05) is 20.2 Å². The van der Waals surface area contributed by atoms with Crippen LogP contribution in [-0.4, -0.2) is 41.7 Å². The maximum atomic E-state index is 12.8. The lowest BCUT2D eigenvalue weighted by Crippen LogP contribution is -2.54. The third-order valence-electron chi connectivity index (χ3n) is 6.86. The third-order valence-corrected chi connectivity index (χ3v) is 6.86. The molecule has 6 nitrogen and oxygen atoms in total. The Bertz CT molecular complexity index is 981. The Labute approximate surface area is 170 Å². The highest BCUT2D eigenvalue weighted by atomic mass is 16.5. The van der Waals surface area contributed by atoms with E-state index in [1.807, 2.05) is 24.0 Å². The van der Waals surface area contributed by atoms with Gasteiger partial charge in [-0.2, -0.15) is 0 Å². The van der Waals surface area contributed by atoms with E-state index in [-0.39, 0.29) is 18.2 Å². The van der Waals surface area contributed by atoms with Gasteiger partial charge in [-0.05, 0) is 50.3 Å². The number of benzene rings is 1. The molecule has 1 amide bonds. The molecule has 2 aromatic rings. The normalized spacial score (nSPS) is 24.4. The summed E-state index contributed by atoms with van der Waals surface area (Å²) >= 11 is 0. The molecule has 0 radical (unpaired) electrons. The lowest BCUT2D eigenvalue weighted by atomic mass is 9.71. The Morgan fingerprint density at radius 2 is 2.17 bits per heavy atom. The molecule has 0 spiro atoms. The molecule has 1 N–H and O–H groups in total. The first-order chi connectivity index (χ1) is 13.9. The Hall–Kier alpha value is -2.34. The molecule has 29 heavy (non-hydrogen) atoms. The van der Waals surface area contributed by atoms with Crippen molar-refractivity contribution in [3.63, 3.8) is 0 Å². The minimum atomic E-state index is -0.591. The number of hydrogen-bond donors (Lipinski definition) is 1. The largest absolute Gasteiger partial charge is 0.497 e. The molecule has 1 saturated carbocycles. The first-order valence-electron chi connectivity index (χ1n) is 10.5. The van der Waals surface area contributed by atoms with Gasteiger partial charge in [-0.15, -0.1) is 0 Å². The predicted octanol–water partition coefficient (Wildman–Crippen LogP) is 3.20. The molecule has 0 unspecified atom stereocenters.